The fraction of sp³-hybridized carbons (Fsp3) is 0.467. The van der Waals surface area contributed by atoms with Crippen molar-refractivity contribution in [2.24, 2.45) is 0 Å². The predicted octanol–water partition coefficient (Wildman–Crippen LogP) is 1.94. The molecular weight excluding hydrogens is 284 g/mol. The van der Waals surface area contributed by atoms with Crippen LogP contribution in [0.4, 0.5) is 0 Å². The van der Waals surface area contributed by atoms with E-state index in [1.807, 2.05) is 30.3 Å². The number of ether oxygens (including phenoxy) is 1. The first-order valence-corrected chi connectivity index (χ1v) is 7.40. The third-order valence-corrected chi connectivity index (χ3v) is 3.20. The van der Waals surface area contributed by atoms with Gasteiger partial charge in [0.2, 0.25) is 0 Å². The molecule has 0 aliphatic rings. The Balaban J connectivity index is 1.69. The van der Waals surface area contributed by atoms with Crippen LogP contribution in [0.2, 0.25) is 0 Å². The van der Waals surface area contributed by atoms with Gasteiger partial charge in [-0.2, -0.15) is 0 Å². The van der Waals surface area contributed by atoms with Crippen molar-refractivity contribution in [2.45, 2.75) is 38.6 Å². The van der Waals surface area contributed by atoms with Crippen LogP contribution in [-0.4, -0.2) is 37.9 Å². The second-order valence-corrected chi connectivity index (χ2v) is 4.93. The minimum atomic E-state index is -0.749. The van der Waals surface area contributed by atoms with E-state index in [-0.39, 0.29) is 6.42 Å². The minimum Gasteiger partial charge on any atom is -0.493 e. The maximum Gasteiger partial charge on any atom is 0.303 e. The van der Waals surface area contributed by atoms with Crippen LogP contribution >= 0.6 is 0 Å². The molecule has 0 aliphatic carbocycles. The molecule has 0 amide bonds. The van der Waals surface area contributed by atoms with E-state index in [1.54, 1.807) is 4.68 Å². The molecule has 0 bridgehead atoms. The van der Waals surface area contributed by atoms with Gasteiger partial charge in [0.1, 0.15) is 5.75 Å². The summed E-state index contributed by atoms with van der Waals surface area (Å²) in [4.78, 5) is 10.4. The second kappa shape index (κ2) is 8.76. The van der Waals surface area contributed by atoms with Crippen LogP contribution < -0.4 is 4.74 Å². The molecular formula is C15H20N4O3. The van der Waals surface area contributed by atoms with Gasteiger partial charge >= 0.3 is 5.97 Å². The molecule has 0 saturated heterocycles. The molecule has 1 N–H and O–H groups in total. The number of hydrogen-bond acceptors (Lipinski definition) is 5. The lowest BCUT2D eigenvalue weighted by Crippen LogP contribution is -2.10. The van der Waals surface area contributed by atoms with Gasteiger partial charge < -0.3 is 9.84 Å². The van der Waals surface area contributed by atoms with E-state index in [1.165, 1.54) is 0 Å². The third kappa shape index (κ3) is 5.51. The Morgan fingerprint density at radius 1 is 1.18 bits per heavy atom. The van der Waals surface area contributed by atoms with Crippen molar-refractivity contribution >= 4 is 5.97 Å². The lowest BCUT2D eigenvalue weighted by Gasteiger charge is -2.06. The Labute approximate surface area is 128 Å². The van der Waals surface area contributed by atoms with Crippen LogP contribution in [0.25, 0.3) is 0 Å². The summed E-state index contributed by atoms with van der Waals surface area (Å²) >= 11 is 0. The number of hydrogen-bond donors (Lipinski definition) is 1. The number of unbranched alkanes of at least 4 members (excludes halogenated alkanes) is 2. The zero-order chi connectivity index (χ0) is 15.6. The van der Waals surface area contributed by atoms with Gasteiger partial charge in [0.05, 0.1) is 6.61 Å². The lowest BCUT2D eigenvalue weighted by molar-refractivity contribution is -0.137. The van der Waals surface area contributed by atoms with Crippen molar-refractivity contribution in [1.29, 1.82) is 0 Å². The molecule has 2 aromatic rings. The molecule has 0 atom stereocenters. The number of rotatable bonds is 10. The van der Waals surface area contributed by atoms with Crippen molar-refractivity contribution < 1.29 is 14.6 Å². The predicted molar refractivity (Wildman–Crippen MR) is 79.6 cm³/mol. The number of tetrazole rings is 1. The van der Waals surface area contributed by atoms with E-state index in [0.717, 1.165) is 24.4 Å². The van der Waals surface area contributed by atoms with Crippen molar-refractivity contribution in [3.05, 3.63) is 36.2 Å². The van der Waals surface area contributed by atoms with Gasteiger partial charge in [-0.25, -0.2) is 4.68 Å². The molecule has 0 fully saturated rings. The molecule has 1 heterocycles. The number of benzene rings is 1. The average molecular weight is 304 g/mol. The molecule has 2 rings (SSSR count). The Morgan fingerprint density at radius 3 is 2.77 bits per heavy atom. The third-order valence-electron chi connectivity index (χ3n) is 3.20. The summed E-state index contributed by atoms with van der Waals surface area (Å²) in [7, 11) is 0. The van der Waals surface area contributed by atoms with Gasteiger partial charge in [-0.05, 0) is 35.4 Å². The quantitative estimate of drug-likeness (QED) is 0.675. The fourth-order valence-electron chi connectivity index (χ4n) is 2.07. The first kappa shape index (κ1) is 15.9. The number of aryl methyl sites for hydroxylation is 1. The summed E-state index contributed by atoms with van der Waals surface area (Å²) in [5.74, 6) is 0.866. The molecule has 118 valence electrons. The summed E-state index contributed by atoms with van der Waals surface area (Å²) < 4.78 is 7.39. The number of carboxylic acid groups (broad SMARTS) is 1. The standard InChI is InChI=1S/C15H20N4O3/c20-15(21)9-5-2-6-11-19-14(16-17-18-19)10-12-22-13-7-3-1-4-8-13/h1,3-4,7-8H,2,5-6,9-12H2,(H,20,21). The van der Waals surface area contributed by atoms with Crippen LogP contribution in [0, 0.1) is 0 Å². The number of aliphatic carboxylic acids is 1. The van der Waals surface area contributed by atoms with Crippen LogP contribution in [0.15, 0.2) is 30.3 Å². The van der Waals surface area contributed by atoms with Gasteiger partial charge in [0.25, 0.3) is 0 Å². The topological polar surface area (TPSA) is 90.1 Å². The van der Waals surface area contributed by atoms with Crippen molar-refractivity contribution in [1.82, 2.24) is 20.2 Å². The van der Waals surface area contributed by atoms with Crippen molar-refractivity contribution in [3.8, 4) is 5.75 Å². The number of carbonyl (C=O) groups is 1. The van der Waals surface area contributed by atoms with Gasteiger partial charge in [-0.1, -0.05) is 24.6 Å². The maximum atomic E-state index is 10.4. The highest BCUT2D eigenvalue weighted by Gasteiger charge is 2.06. The van der Waals surface area contributed by atoms with E-state index < -0.39 is 5.97 Å². The van der Waals surface area contributed by atoms with Crippen LogP contribution in [-0.2, 0) is 17.8 Å². The average Bonchev–Trinajstić information content (AvgIpc) is 2.95. The van der Waals surface area contributed by atoms with E-state index in [9.17, 15) is 4.79 Å². The van der Waals surface area contributed by atoms with Gasteiger partial charge in [-0.15, -0.1) is 5.10 Å². The fourth-order valence-corrected chi connectivity index (χ4v) is 2.07. The Morgan fingerprint density at radius 2 is 2.00 bits per heavy atom. The first-order valence-electron chi connectivity index (χ1n) is 7.40. The Bertz CT molecular complexity index is 571. The van der Waals surface area contributed by atoms with Crippen LogP contribution in [0.5, 0.6) is 5.75 Å². The molecule has 22 heavy (non-hydrogen) atoms. The highest BCUT2D eigenvalue weighted by Crippen LogP contribution is 2.09. The molecule has 7 nitrogen and oxygen atoms in total. The summed E-state index contributed by atoms with van der Waals surface area (Å²) in [6.45, 7) is 1.22. The molecule has 0 unspecified atom stereocenters. The molecule has 0 aliphatic heterocycles. The molecule has 7 heteroatoms. The monoisotopic (exact) mass is 304 g/mol. The minimum absolute atomic E-state index is 0.216. The zero-order valence-electron chi connectivity index (χ0n) is 12.4. The normalized spacial score (nSPS) is 10.5. The van der Waals surface area contributed by atoms with Crippen LogP contribution in [0.1, 0.15) is 31.5 Å². The summed E-state index contributed by atoms with van der Waals surface area (Å²) in [5.41, 5.74) is 0. The second-order valence-electron chi connectivity index (χ2n) is 4.93. The van der Waals surface area contributed by atoms with Gasteiger partial charge in [0, 0.05) is 19.4 Å². The summed E-state index contributed by atoms with van der Waals surface area (Å²) in [6.07, 6.45) is 3.26. The SMILES string of the molecule is O=C(O)CCCCCn1nnnc1CCOc1ccccc1. The van der Waals surface area contributed by atoms with Crippen molar-refractivity contribution in [2.75, 3.05) is 6.61 Å². The van der Waals surface area contributed by atoms with Gasteiger partial charge in [-0.3, -0.25) is 4.79 Å². The smallest absolute Gasteiger partial charge is 0.303 e. The van der Waals surface area contributed by atoms with Crippen molar-refractivity contribution in [3.63, 3.8) is 0 Å². The zero-order valence-corrected chi connectivity index (χ0v) is 12.4. The maximum absolute atomic E-state index is 10.4. The van der Waals surface area contributed by atoms with Crippen LogP contribution in [0.3, 0.4) is 0 Å². The Hall–Kier alpha value is -2.44. The lowest BCUT2D eigenvalue weighted by atomic mass is 10.2. The van der Waals surface area contributed by atoms with E-state index >= 15 is 0 Å². The van der Waals surface area contributed by atoms with Gasteiger partial charge in [0.15, 0.2) is 5.82 Å². The number of para-hydroxylation sites is 1. The molecule has 1 aromatic carbocycles. The highest BCUT2D eigenvalue weighted by molar-refractivity contribution is 5.66. The van der Waals surface area contributed by atoms with E-state index in [0.29, 0.717) is 26.0 Å². The first-order chi connectivity index (χ1) is 10.8. The molecule has 0 radical (unpaired) electrons. The van der Waals surface area contributed by atoms with E-state index in [2.05, 4.69) is 15.5 Å². The molecule has 0 spiro atoms. The number of aromatic nitrogens is 4. The molecule has 1 aromatic heterocycles. The summed E-state index contributed by atoms with van der Waals surface area (Å²) in [6, 6.07) is 9.61. The summed E-state index contributed by atoms with van der Waals surface area (Å²) in [5, 5.41) is 20.2. The van der Waals surface area contributed by atoms with E-state index in [4.69, 9.17) is 9.84 Å². The Kier molecular flexibility index (Phi) is 6.35. The number of nitrogens with zero attached hydrogens (tertiary/aromatic N) is 4. The molecule has 0 saturated carbocycles. The number of carboxylic acids is 1. The highest BCUT2D eigenvalue weighted by atomic mass is 16.5. The largest absolute Gasteiger partial charge is 0.493 e.